The molecule has 41 heavy (non-hydrogen) atoms. The normalized spacial score (nSPS) is 30.7. The van der Waals surface area contributed by atoms with E-state index in [1.165, 1.54) is 0 Å². The number of anilines is 1. The fourth-order valence-electron chi connectivity index (χ4n) is 7.35. The predicted octanol–water partition coefficient (Wildman–Crippen LogP) is 1.66. The molecule has 3 aliphatic carbocycles. The van der Waals surface area contributed by atoms with E-state index in [1.54, 1.807) is 13.0 Å². The van der Waals surface area contributed by atoms with E-state index in [-0.39, 0.29) is 22.9 Å². The fraction of sp³-hybridized carbons (Fsp3) is 0.567. The summed E-state index contributed by atoms with van der Waals surface area (Å²) in [6.45, 7) is 6.32. The highest BCUT2D eigenvalue weighted by molar-refractivity contribution is 6.23. The largest absolute Gasteiger partial charge is 0.508 e. The number of benzene rings is 1. The summed E-state index contributed by atoms with van der Waals surface area (Å²) in [5.74, 6) is -8.48. The number of rotatable bonds is 6. The monoisotopic (exact) mass is 569 g/mol. The number of unbranched alkanes of at least 4 members (excludes halogenated alkanes) is 1. The number of Topliss-reactive ketones (excluding diaryl/α,β-unsaturated/α-hetero) is 2. The number of carbonyl (C=O) groups excluding carboxylic acids is 3. The Balaban J connectivity index is 1.66. The molecule has 2 fully saturated rings. The summed E-state index contributed by atoms with van der Waals surface area (Å²) in [5.41, 5.74) is 2.20. The Morgan fingerprint density at radius 2 is 1.83 bits per heavy atom. The molecule has 0 aromatic heterocycles. The second kappa shape index (κ2) is 10.5. The lowest BCUT2D eigenvalue weighted by Crippen LogP contribution is -2.63. The second-order valence-electron chi connectivity index (χ2n) is 12.0. The summed E-state index contributed by atoms with van der Waals surface area (Å²) in [6, 6.07) is 3.75. The first-order valence-electron chi connectivity index (χ1n) is 14.3. The number of likely N-dealkylation sites (tertiary alicyclic amines) is 1. The third kappa shape index (κ3) is 4.24. The van der Waals surface area contributed by atoms with Crippen molar-refractivity contribution < 1.29 is 39.9 Å². The van der Waals surface area contributed by atoms with E-state index in [1.807, 2.05) is 6.07 Å². The zero-order valence-corrected chi connectivity index (χ0v) is 23.6. The summed E-state index contributed by atoms with van der Waals surface area (Å²) in [6.07, 6.45) is 1.49. The van der Waals surface area contributed by atoms with Gasteiger partial charge in [-0.05, 0) is 56.9 Å². The lowest BCUT2D eigenvalue weighted by Gasteiger charge is -2.50. The van der Waals surface area contributed by atoms with Crippen molar-refractivity contribution in [1.29, 1.82) is 0 Å². The second-order valence-corrected chi connectivity index (χ2v) is 12.0. The standard InChI is InChI=1S/C30H39N3O8/c1-4-5-10-33(15-8-11-32(3)12-9-15)18-7-6-16-14(2)20-23(26(37)21(16)25(18)36)28(39)30(41)17(24(20)35)13-19(34)22(27(30)38)29(31)40/h6-7,14-15,17,20,24,35-38,41H,4-5,8-13H2,1-3H3,(H2,31,40). The summed E-state index contributed by atoms with van der Waals surface area (Å²) < 4.78 is 0. The first-order valence-corrected chi connectivity index (χ1v) is 14.3. The van der Waals surface area contributed by atoms with Crippen molar-refractivity contribution in [2.45, 2.75) is 69.6 Å². The van der Waals surface area contributed by atoms with Crippen LogP contribution in [-0.2, 0) is 14.4 Å². The molecule has 1 saturated carbocycles. The van der Waals surface area contributed by atoms with E-state index in [0.717, 1.165) is 38.8 Å². The number of aliphatic hydroxyl groups excluding tert-OH is 3. The molecule has 11 nitrogen and oxygen atoms in total. The van der Waals surface area contributed by atoms with Crippen molar-refractivity contribution in [3.63, 3.8) is 0 Å². The van der Waals surface area contributed by atoms with Crippen LogP contribution in [0.3, 0.4) is 0 Å². The molecule has 1 saturated heterocycles. The van der Waals surface area contributed by atoms with Crippen LogP contribution in [0, 0.1) is 11.8 Å². The summed E-state index contributed by atoms with van der Waals surface area (Å²) >= 11 is 0. The van der Waals surface area contributed by atoms with Crippen LogP contribution in [0.5, 0.6) is 5.75 Å². The van der Waals surface area contributed by atoms with Crippen LogP contribution in [0.2, 0.25) is 0 Å². The summed E-state index contributed by atoms with van der Waals surface area (Å²) in [7, 11) is 2.07. The van der Waals surface area contributed by atoms with Crippen LogP contribution in [0.4, 0.5) is 5.69 Å². The number of piperidine rings is 1. The Bertz CT molecular complexity index is 1360. The van der Waals surface area contributed by atoms with Crippen LogP contribution in [0.25, 0.3) is 5.76 Å². The molecule has 1 aromatic carbocycles. The molecule has 222 valence electrons. The molecule has 0 radical (unpaired) electrons. The van der Waals surface area contributed by atoms with Crippen LogP contribution >= 0.6 is 0 Å². The Morgan fingerprint density at radius 1 is 1.17 bits per heavy atom. The number of phenols is 1. The number of hydrogen-bond donors (Lipinski definition) is 6. The van der Waals surface area contributed by atoms with E-state index in [2.05, 4.69) is 23.8 Å². The van der Waals surface area contributed by atoms with Gasteiger partial charge in [-0.1, -0.05) is 26.3 Å². The minimum Gasteiger partial charge on any atom is -0.508 e. The molecule has 1 aromatic rings. The number of aliphatic hydroxyl groups is 4. The van der Waals surface area contributed by atoms with Gasteiger partial charge in [-0.15, -0.1) is 0 Å². The molecule has 5 atom stereocenters. The van der Waals surface area contributed by atoms with Gasteiger partial charge in [0.05, 0.1) is 17.4 Å². The van der Waals surface area contributed by atoms with Crippen molar-refractivity contribution in [1.82, 2.24) is 4.90 Å². The van der Waals surface area contributed by atoms with Gasteiger partial charge in [-0.25, -0.2) is 0 Å². The van der Waals surface area contributed by atoms with Gasteiger partial charge in [0, 0.05) is 36.4 Å². The number of amides is 1. The Labute approximate surface area is 238 Å². The van der Waals surface area contributed by atoms with Gasteiger partial charge >= 0.3 is 0 Å². The van der Waals surface area contributed by atoms with Crippen molar-refractivity contribution in [3.8, 4) is 5.75 Å². The van der Waals surface area contributed by atoms with Gasteiger partial charge in [-0.3, -0.25) is 14.4 Å². The first-order chi connectivity index (χ1) is 19.4. The lowest BCUT2D eigenvalue weighted by atomic mass is 9.55. The Morgan fingerprint density at radius 3 is 2.44 bits per heavy atom. The summed E-state index contributed by atoms with van der Waals surface area (Å²) in [4.78, 5) is 42.9. The fourth-order valence-corrected chi connectivity index (χ4v) is 7.35. The highest BCUT2D eigenvalue weighted by atomic mass is 16.4. The number of phenolic OH excluding ortho intramolecular Hbond substituents is 1. The zero-order chi connectivity index (χ0) is 30.0. The van der Waals surface area contributed by atoms with E-state index < -0.39 is 70.4 Å². The predicted molar refractivity (Wildman–Crippen MR) is 150 cm³/mol. The molecule has 4 aliphatic rings. The summed E-state index contributed by atoms with van der Waals surface area (Å²) in [5, 5.41) is 57.0. The SMILES string of the molecule is CCCCN(c1ccc2c(c1O)C(O)=C1C(=O)C3(O)C(O)=C(C(N)=O)C(=O)CC3C(O)C1C2C)C1CCN(C)CC1. The van der Waals surface area contributed by atoms with Gasteiger partial charge in [0.15, 0.2) is 11.4 Å². The van der Waals surface area contributed by atoms with Crippen molar-refractivity contribution in [3.05, 3.63) is 40.2 Å². The van der Waals surface area contributed by atoms with E-state index >= 15 is 0 Å². The van der Waals surface area contributed by atoms with Crippen molar-refractivity contribution >= 4 is 28.9 Å². The lowest BCUT2D eigenvalue weighted by molar-refractivity contribution is -0.160. The number of fused-ring (bicyclic) bond motifs is 3. The molecule has 11 heteroatoms. The smallest absolute Gasteiger partial charge is 0.255 e. The van der Waals surface area contributed by atoms with E-state index in [0.29, 0.717) is 17.8 Å². The van der Waals surface area contributed by atoms with Gasteiger partial charge < -0.3 is 41.1 Å². The first kappa shape index (κ1) is 29.1. The molecule has 1 amide bonds. The van der Waals surface area contributed by atoms with E-state index in [9.17, 15) is 39.9 Å². The van der Waals surface area contributed by atoms with Crippen molar-refractivity contribution in [2.24, 2.45) is 17.6 Å². The average molecular weight is 570 g/mol. The number of hydrogen-bond acceptors (Lipinski definition) is 10. The van der Waals surface area contributed by atoms with Crippen LogP contribution in [0.15, 0.2) is 29.0 Å². The maximum absolute atomic E-state index is 13.9. The Kier molecular flexibility index (Phi) is 7.42. The maximum atomic E-state index is 13.9. The molecule has 0 spiro atoms. The van der Waals surface area contributed by atoms with Crippen molar-refractivity contribution in [2.75, 3.05) is 31.6 Å². The van der Waals surface area contributed by atoms with Crippen LogP contribution in [0.1, 0.15) is 63.0 Å². The Hall–Kier alpha value is -3.41. The average Bonchev–Trinajstić information content (AvgIpc) is 2.92. The third-order valence-electron chi connectivity index (χ3n) is 9.67. The molecule has 1 heterocycles. The molecule has 1 aliphatic heterocycles. The van der Waals surface area contributed by atoms with E-state index in [4.69, 9.17) is 5.73 Å². The van der Waals surface area contributed by atoms with Gasteiger partial charge in [-0.2, -0.15) is 0 Å². The van der Waals surface area contributed by atoms with Crippen LogP contribution < -0.4 is 10.6 Å². The minimum absolute atomic E-state index is 0.0313. The number of carbonyl (C=O) groups is 3. The quantitative estimate of drug-likeness (QED) is 0.275. The van der Waals surface area contributed by atoms with Gasteiger partial charge in [0.2, 0.25) is 5.78 Å². The number of primary amides is 1. The third-order valence-corrected chi connectivity index (χ3v) is 9.67. The number of nitrogens with zero attached hydrogens (tertiary/aromatic N) is 2. The zero-order valence-electron chi connectivity index (χ0n) is 23.6. The van der Waals surface area contributed by atoms with Crippen LogP contribution in [-0.4, -0.2) is 92.3 Å². The highest BCUT2D eigenvalue weighted by Crippen LogP contribution is 2.56. The molecule has 5 rings (SSSR count). The number of nitrogens with two attached hydrogens (primary N) is 1. The van der Waals surface area contributed by atoms with Gasteiger partial charge in [0.25, 0.3) is 5.91 Å². The molecular weight excluding hydrogens is 530 g/mol. The molecule has 5 unspecified atom stereocenters. The molecule has 7 N–H and O–H groups in total. The molecule has 0 bridgehead atoms. The highest BCUT2D eigenvalue weighted by Gasteiger charge is 2.65. The number of aromatic hydroxyl groups is 1. The minimum atomic E-state index is -2.84. The number of ketones is 2. The molecular formula is C30H39N3O8. The maximum Gasteiger partial charge on any atom is 0.255 e. The van der Waals surface area contributed by atoms with Gasteiger partial charge in [0.1, 0.15) is 22.8 Å². The topological polar surface area (TPSA) is 185 Å².